The van der Waals surface area contributed by atoms with Crippen LogP contribution in [-0.4, -0.2) is 31.6 Å². The van der Waals surface area contributed by atoms with E-state index in [0.29, 0.717) is 18.7 Å². The Labute approximate surface area is 110 Å². The molecular formula is C13H13N3O3. The molecule has 1 aliphatic rings. The molecule has 1 amide bonds. The third-order valence-corrected chi connectivity index (χ3v) is 3.00. The van der Waals surface area contributed by atoms with Crippen LogP contribution in [-0.2, 0) is 9.53 Å². The highest BCUT2D eigenvalue weighted by Gasteiger charge is 2.28. The maximum absolute atomic E-state index is 11.7. The number of rotatable bonds is 2. The van der Waals surface area contributed by atoms with E-state index in [9.17, 15) is 9.59 Å². The molecule has 1 aliphatic heterocycles. The van der Waals surface area contributed by atoms with Crippen molar-refractivity contribution in [3.05, 3.63) is 29.3 Å². The zero-order valence-corrected chi connectivity index (χ0v) is 10.4. The van der Waals surface area contributed by atoms with Crippen molar-refractivity contribution >= 4 is 17.6 Å². The molecule has 1 aromatic rings. The molecule has 0 spiro atoms. The maximum atomic E-state index is 11.7. The Hall–Kier alpha value is -2.39. The summed E-state index contributed by atoms with van der Waals surface area (Å²) in [5, 5.41) is 9.06. The van der Waals surface area contributed by atoms with Crippen LogP contribution in [0.2, 0.25) is 0 Å². The molecule has 1 unspecified atom stereocenters. The van der Waals surface area contributed by atoms with Crippen LogP contribution < -0.4 is 10.6 Å². The average molecular weight is 259 g/mol. The average Bonchev–Trinajstić information content (AvgIpc) is 2.76. The van der Waals surface area contributed by atoms with Crippen molar-refractivity contribution in [1.29, 1.82) is 5.26 Å². The number of nitriles is 1. The topological polar surface area (TPSA) is 96.4 Å². The predicted octanol–water partition coefficient (Wildman–Crippen LogP) is 0.409. The van der Waals surface area contributed by atoms with Gasteiger partial charge in [-0.1, -0.05) is 0 Å². The van der Waals surface area contributed by atoms with Crippen molar-refractivity contribution in [1.82, 2.24) is 0 Å². The largest absolute Gasteiger partial charge is 0.465 e. The molecule has 2 N–H and O–H groups in total. The molecule has 1 atom stereocenters. The molecule has 0 aromatic heterocycles. The van der Waals surface area contributed by atoms with Crippen molar-refractivity contribution in [2.24, 2.45) is 5.73 Å². The van der Waals surface area contributed by atoms with E-state index in [2.05, 4.69) is 4.74 Å². The van der Waals surface area contributed by atoms with Crippen LogP contribution in [0.1, 0.15) is 22.3 Å². The van der Waals surface area contributed by atoms with Crippen LogP contribution in [0.4, 0.5) is 5.69 Å². The molecule has 0 radical (unpaired) electrons. The molecule has 1 heterocycles. The minimum Gasteiger partial charge on any atom is -0.465 e. The Morgan fingerprint density at radius 1 is 1.58 bits per heavy atom. The zero-order chi connectivity index (χ0) is 14.0. The van der Waals surface area contributed by atoms with Gasteiger partial charge in [-0.15, -0.1) is 0 Å². The second-order valence-corrected chi connectivity index (χ2v) is 4.30. The van der Waals surface area contributed by atoms with Crippen LogP contribution in [0.5, 0.6) is 0 Å². The summed E-state index contributed by atoms with van der Waals surface area (Å²) in [6.45, 7) is 0.418. The quantitative estimate of drug-likeness (QED) is 0.776. The van der Waals surface area contributed by atoms with Gasteiger partial charge in [-0.05, 0) is 18.2 Å². The van der Waals surface area contributed by atoms with E-state index in [4.69, 9.17) is 11.0 Å². The fourth-order valence-corrected chi connectivity index (χ4v) is 2.07. The lowest BCUT2D eigenvalue weighted by Gasteiger charge is -2.16. The lowest BCUT2D eigenvalue weighted by Crippen LogP contribution is -2.28. The Bertz CT molecular complexity index is 577. The highest BCUT2D eigenvalue weighted by Crippen LogP contribution is 2.24. The van der Waals surface area contributed by atoms with Crippen molar-refractivity contribution in [3.63, 3.8) is 0 Å². The number of benzene rings is 1. The molecule has 1 saturated heterocycles. The van der Waals surface area contributed by atoms with Gasteiger partial charge in [-0.3, -0.25) is 4.79 Å². The van der Waals surface area contributed by atoms with Crippen molar-refractivity contribution in [3.8, 4) is 6.07 Å². The van der Waals surface area contributed by atoms with Crippen molar-refractivity contribution in [2.75, 3.05) is 18.6 Å². The summed E-state index contributed by atoms with van der Waals surface area (Å²) in [5.74, 6) is -0.658. The second-order valence-electron chi connectivity index (χ2n) is 4.30. The highest BCUT2D eigenvalue weighted by atomic mass is 16.5. The van der Waals surface area contributed by atoms with Gasteiger partial charge in [-0.2, -0.15) is 5.26 Å². The van der Waals surface area contributed by atoms with Gasteiger partial charge < -0.3 is 15.4 Å². The minimum absolute atomic E-state index is 0.0813. The fourth-order valence-electron chi connectivity index (χ4n) is 2.07. The number of esters is 1. The van der Waals surface area contributed by atoms with Crippen molar-refractivity contribution in [2.45, 2.75) is 12.5 Å². The van der Waals surface area contributed by atoms with E-state index >= 15 is 0 Å². The van der Waals surface area contributed by atoms with E-state index in [-0.39, 0.29) is 23.1 Å². The summed E-state index contributed by atoms with van der Waals surface area (Å²) < 4.78 is 4.59. The number of nitrogens with zero attached hydrogens (tertiary/aromatic N) is 2. The van der Waals surface area contributed by atoms with Crippen LogP contribution in [0.15, 0.2) is 18.2 Å². The summed E-state index contributed by atoms with van der Waals surface area (Å²) >= 11 is 0. The van der Waals surface area contributed by atoms with Crippen LogP contribution >= 0.6 is 0 Å². The minimum atomic E-state index is -0.576. The number of nitrogens with two attached hydrogens (primary N) is 1. The Morgan fingerprint density at radius 2 is 2.32 bits per heavy atom. The van der Waals surface area contributed by atoms with E-state index < -0.39 is 5.97 Å². The monoisotopic (exact) mass is 259 g/mol. The number of amides is 1. The SMILES string of the molecule is COC(=O)c1ccc(N2CC(N)CC2=O)cc1C#N. The van der Waals surface area contributed by atoms with Gasteiger partial charge in [0, 0.05) is 24.7 Å². The van der Waals surface area contributed by atoms with Gasteiger partial charge in [0.2, 0.25) is 5.91 Å². The number of hydrogen-bond donors (Lipinski definition) is 1. The van der Waals surface area contributed by atoms with Crippen LogP contribution in [0, 0.1) is 11.3 Å². The van der Waals surface area contributed by atoms with E-state index in [1.807, 2.05) is 6.07 Å². The number of ether oxygens (including phenoxy) is 1. The third kappa shape index (κ3) is 2.41. The highest BCUT2D eigenvalue weighted by molar-refractivity contribution is 5.98. The summed E-state index contributed by atoms with van der Waals surface area (Å²) in [4.78, 5) is 24.7. The summed E-state index contributed by atoms with van der Waals surface area (Å²) in [6.07, 6.45) is 0.292. The Morgan fingerprint density at radius 3 is 2.84 bits per heavy atom. The van der Waals surface area contributed by atoms with Gasteiger partial charge in [0.25, 0.3) is 0 Å². The zero-order valence-electron chi connectivity index (χ0n) is 10.4. The molecule has 98 valence electrons. The van der Waals surface area contributed by atoms with Gasteiger partial charge in [-0.25, -0.2) is 4.79 Å². The lowest BCUT2D eigenvalue weighted by atomic mass is 10.1. The molecular weight excluding hydrogens is 246 g/mol. The van der Waals surface area contributed by atoms with Crippen molar-refractivity contribution < 1.29 is 14.3 Å². The normalized spacial score (nSPS) is 18.3. The summed E-state index contributed by atoms with van der Waals surface area (Å²) in [6, 6.07) is 6.33. The van der Waals surface area contributed by atoms with E-state index in [0.717, 1.165) is 0 Å². The van der Waals surface area contributed by atoms with Crippen LogP contribution in [0.3, 0.4) is 0 Å². The van der Waals surface area contributed by atoms with Gasteiger partial charge in [0.15, 0.2) is 0 Å². The first-order valence-electron chi connectivity index (χ1n) is 5.75. The molecule has 0 aliphatic carbocycles. The molecule has 0 saturated carbocycles. The number of carbonyl (C=O) groups is 2. The van der Waals surface area contributed by atoms with Crippen LogP contribution in [0.25, 0.3) is 0 Å². The smallest absolute Gasteiger partial charge is 0.339 e. The van der Waals surface area contributed by atoms with E-state index in [1.165, 1.54) is 24.1 Å². The lowest BCUT2D eigenvalue weighted by molar-refractivity contribution is -0.117. The molecule has 1 fully saturated rings. The first-order valence-corrected chi connectivity index (χ1v) is 5.75. The summed E-state index contributed by atoms with van der Waals surface area (Å²) in [7, 11) is 1.25. The standard InChI is InChI=1S/C13H13N3O3/c1-19-13(18)11-3-2-10(4-8(11)6-14)16-7-9(15)5-12(16)17/h2-4,9H,5,7,15H2,1H3. The Balaban J connectivity index is 2.38. The van der Waals surface area contributed by atoms with E-state index in [1.54, 1.807) is 6.07 Å². The second kappa shape index (κ2) is 5.08. The first-order chi connectivity index (χ1) is 9.06. The number of hydrogen-bond acceptors (Lipinski definition) is 5. The molecule has 6 nitrogen and oxygen atoms in total. The summed E-state index contributed by atoms with van der Waals surface area (Å²) in [5.41, 5.74) is 6.66. The number of carbonyl (C=O) groups excluding carboxylic acids is 2. The van der Waals surface area contributed by atoms with Gasteiger partial charge in [0.1, 0.15) is 6.07 Å². The molecule has 1 aromatic carbocycles. The van der Waals surface area contributed by atoms with Gasteiger partial charge in [0.05, 0.1) is 18.2 Å². The Kier molecular flexibility index (Phi) is 3.49. The predicted molar refractivity (Wildman–Crippen MR) is 67.4 cm³/mol. The third-order valence-electron chi connectivity index (χ3n) is 3.00. The number of methoxy groups -OCH3 is 1. The molecule has 19 heavy (non-hydrogen) atoms. The maximum Gasteiger partial charge on any atom is 0.339 e. The van der Waals surface area contributed by atoms with Gasteiger partial charge >= 0.3 is 5.97 Å². The fraction of sp³-hybridized carbons (Fsp3) is 0.308. The first kappa shape index (κ1) is 13.1. The molecule has 6 heteroatoms. The molecule has 0 bridgehead atoms. The number of anilines is 1. The molecule has 2 rings (SSSR count).